The molecule has 0 unspecified atom stereocenters. The first-order valence-electron chi connectivity index (χ1n) is 15.8. The monoisotopic (exact) mass is 646 g/mol. The Balaban J connectivity index is 0.996. The van der Waals surface area contributed by atoms with Crippen molar-refractivity contribution in [2.75, 3.05) is 74.2 Å². The molecular weight excluding hydrogens is 608 g/mol. The number of anilines is 3. The highest BCUT2D eigenvalue weighted by Gasteiger charge is 2.34. The normalized spacial score (nSPS) is 18.3. The molecule has 0 bridgehead atoms. The van der Waals surface area contributed by atoms with E-state index in [9.17, 15) is 19.7 Å². The number of methoxy groups -OCH3 is 1. The molecule has 12 heteroatoms. The first-order valence-corrected chi connectivity index (χ1v) is 16.2. The third-order valence-electron chi connectivity index (χ3n) is 9.33. The van der Waals surface area contributed by atoms with Gasteiger partial charge in [-0.3, -0.25) is 29.6 Å². The maximum atomic E-state index is 13.4. The minimum Gasteiger partial charge on any atom is -0.497 e. The van der Waals surface area contributed by atoms with E-state index in [4.69, 9.17) is 16.3 Å². The van der Waals surface area contributed by atoms with Crippen molar-refractivity contribution in [2.24, 2.45) is 5.92 Å². The van der Waals surface area contributed by atoms with Crippen LogP contribution in [0.4, 0.5) is 27.5 Å². The van der Waals surface area contributed by atoms with Gasteiger partial charge in [0.05, 0.1) is 29.3 Å². The van der Waals surface area contributed by atoms with Crippen LogP contribution in [0.5, 0.6) is 5.75 Å². The molecule has 3 aliphatic rings. The average molecular weight is 647 g/mol. The zero-order valence-electron chi connectivity index (χ0n) is 26.0. The molecule has 0 aliphatic carbocycles. The smallest absolute Gasteiger partial charge is 0.331 e. The standard InChI is InChI=1S/C34H39ClN6O5/c1-46-30-9-2-25(3-10-30)24-40-33(42)14-17-39(34(40)43)32-11-8-29(22-31(32)35)38-20-18-36(19-21-38)23-26-12-15-37(16-13-26)27-4-6-28(7-5-27)41(44)45/h2-11,22,26H,12-21,23-24H2,1H3. The number of nitro groups is 1. The number of hydrogen-bond acceptors (Lipinski definition) is 8. The molecule has 3 heterocycles. The highest BCUT2D eigenvalue weighted by atomic mass is 35.5. The zero-order chi connectivity index (χ0) is 32.2. The molecule has 11 nitrogen and oxygen atoms in total. The van der Waals surface area contributed by atoms with Crippen molar-refractivity contribution in [2.45, 2.75) is 25.8 Å². The molecule has 0 spiro atoms. The predicted octanol–water partition coefficient (Wildman–Crippen LogP) is 5.65. The molecule has 3 aromatic carbocycles. The maximum absolute atomic E-state index is 13.4. The van der Waals surface area contributed by atoms with Crippen LogP contribution >= 0.6 is 11.6 Å². The summed E-state index contributed by atoms with van der Waals surface area (Å²) in [4.78, 5) is 46.8. The van der Waals surface area contributed by atoms with Gasteiger partial charge in [-0.25, -0.2) is 4.79 Å². The second-order valence-corrected chi connectivity index (χ2v) is 12.5. The van der Waals surface area contributed by atoms with Crippen LogP contribution in [0.15, 0.2) is 66.7 Å². The SMILES string of the molecule is COc1ccc(CN2C(=O)CCN(c3ccc(N4CCN(CC5CCN(c6ccc([N+](=O)[O-])cc6)CC5)CC4)cc3Cl)C2=O)cc1. The van der Waals surface area contributed by atoms with E-state index >= 15 is 0 Å². The molecule has 3 saturated heterocycles. The van der Waals surface area contributed by atoms with Crippen LogP contribution in [0.1, 0.15) is 24.8 Å². The summed E-state index contributed by atoms with van der Waals surface area (Å²) in [6.45, 7) is 7.20. The van der Waals surface area contributed by atoms with E-state index in [1.807, 2.05) is 54.6 Å². The number of benzene rings is 3. The van der Waals surface area contributed by atoms with Gasteiger partial charge >= 0.3 is 6.03 Å². The Morgan fingerprint density at radius 3 is 2.13 bits per heavy atom. The Hall–Kier alpha value is -4.35. The van der Waals surface area contributed by atoms with Crippen molar-refractivity contribution >= 4 is 46.3 Å². The first-order chi connectivity index (χ1) is 22.3. The highest BCUT2D eigenvalue weighted by Crippen LogP contribution is 2.34. The fourth-order valence-electron chi connectivity index (χ4n) is 6.61. The lowest BCUT2D eigenvalue weighted by atomic mass is 9.95. The molecule has 3 amide bonds. The Morgan fingerprint density at radius 1 is 0.848 bits per heavy atom. The molecule has 0 atom stereocenters. The van der Waals surface area contributed by atoms with Crippen LogP contribution in [-0.4, -0.2) is 86.1 Å². The average Bonchev–Trinajstić information content (AvgIpc) is 3.08. The number of imide groups is 1. The number of piperidine rings is 1. The van der Waals surface area contributed by atoms with Crippen LogP contribution in [-0.2, 0) is 11.3 Å². The Bertz CT molecular complexity index is 1550. The molecule has 46 heavy (non-hydrogen) atoms. The molecule has 3 aromatic rings. The molecule has 0 radical (unpaired) electrons. The van der Waals surface area contributed by atoms with Crippen molar-refractivity contribution in [3.05, 3.63) is 87.4 Å². The molecule has 242 valence electrons. The minimum absolute atomic E-state index is 0.124. The minimum atomic E-state index is -0.367. The summed E-state index contributed by atoms with van der Waals surface area (Å²) in [6.07, 6.45) is 2.44. The number of carbonyl (C=O) groups excluding carboxylic acids is 2. The third kappa shape index (κ3) is 7.05. The molecule has 0 N–H and O–H groups in total. The number of ether oxygens (including phenoxy) is 1. The lowest BCUT2D eigenvalue weighted by Gasteiger charge is -2.40. The molecule has 3 aliphatic heterocycles. The Labute approximate surface area is 274 Å². The summed E-state index contributed by atoms with van der Waals surface area (Å²) < 4.78 is 5.21. The predicted molar refractivity (Wildman–Crippen MR) is 179 cm³/mol. The number of hydrogen-bond donors (Lipinski definition) is 0. The van der Waals surface area contributed by atoms with E-state index in [0.717, 1.165) is 75.6 Å². The van der Waals surface area contributed by atoms with Gasteiger partial charge in [0.1, 0.15) is 5.75 Å². The number of urea groups is 1. The zero-order valence-corrected chi connectivity index (χ0v) is 26.8. The first kappa shape index (κ1) is 31.6. The van der Waals surface area contributed by atoms with Crippen molar-refractivity contribution in [1.82, 2.24) is 9.80 Å². The third-order valence-corrected chi connectivity index (χ3v) is 9.63. The summed E-state index contributed by atoms with van der Waals surface area (Å²) in [5.41, 5.74) is 3.66. The molecular formula is C34H39ClN6O5. The van der Waals surface area contributed by atoms with Crippen molar-refractivity contribution in [1.29, 1.82) is 0 Å². The largest absolute Gasteiger partial charge is 0.497 e. The van der Waals surface area contributed by atoms with Gasteiger partial charge in [0, 0.05) is 82.3 Å². The van der Waals surface area contributed by atoms with Gasteiger partial charge in [0.15, 0.2) is 0 Å². The fraction of sp³-hybridized carbons (Fsp3) is 0.412. The van der Waals surface area contributed by atoms with E-state index in [-0.39, 0.29) is 35.5 Å². The van der Waals surface area contributed by atoms with Gasteiger partial charge in [-0.2, -0.15) is 0 Å². The van der Waals surface area contributed by atoms with Gasteiger partial charge in [-0.15, -0.1) is 0 Å². The summed E-state index contributed by atoms with van der Waals surface area (Å²) in [7, 11) is 1.60. The number of rotatable bonds is 9. The summed E-state index contributed by atoms with van der Waals surface area (Å²) in [5, 5.41) is 11.4. The fourth-order valence-corrected chi connectivity index (χ4v) is 6.88. The van der Waals surface area contributed by atoms with Crippen molar-refractivity contribution < 1.29 is 19.2 Å². The molecule has 6 rings (SSSR count). The Kier molecular flexibility index (Phi) is 9.60. The van der Waals surface area contributed by atoms with E-state index in [0.29, 0.717) is 28.9 Å². The topological polar surface area (TPSA) is 103 Å². The Morgan fingerprint density at radius 2 is 1.50 bits per heavy atom. The van der Waals surface area contributed by atoms with Crippen LogP contribution in [0.3, 0.4) is 0 Å². The van der Waals surface area contributed by atoms with Crippen LogP contribution < -0.4 is 19.4 Å². The van der Waals surface area contributed by atoms with Gasteiger partial charge in [0.2, 0.25) is 5.91 Å². The van der Waals surface area contributed by atoms with E-state index in [2.05, 4.69) is 14.7 Å². The van der Waals surface area contributed by atoms with E-state index < -0.39 is 0 Å². The van der Waals surface area contributed by atoms with Crippen LogP contribution in [0, 0.1) is 16.0 Å². The summed E-state index contributed by atoms with van der Waals surface area (Å²) in [6, 6.07) is 19.7. The quantitative estimate of drug-likeness (QED) is 0.217. The molecule has 3 fully saturated rings. The maximum Gasteiger partial charge on any atom is 0.331 e. The van der Waals surface area contributed by atoms with E-state index in [1.54, 1.807) is 24.1 Å². The van der Waals surface area contributed by atoms with Gasteiger partial charge in [-0.05, 0) is 66.8 Å². The van der Waals surface area contributed by atoms with Gasteiger partial charge in [-0.1, -0.05) is 23.7 Å². The highest BCUT2D eigenvalue weighted by molar-refractivity contribution is 6.34. The van der Waals surface area contributed by atoms with Crippen LogP contribution in [0.25, 0.3) is 0 Å². The van der Waals surface area contributed by atoms with Crippen molar-refractivity contribution in [3.63, 3.8) is 0 Å². The molecule has 0 aromatic heterocycles. The molecule has 0 saturated carbocycles. The second-order valence-electron chi connectivity index (χ2n) is 12.1. The lowest BCUT2D eigenvalue weighted by Crippen LogP contribution is -2.52. The van der Waals surface area contributed by atoms with Crippen molar-refractivity contribution in [3.8, 4) is 5.75 Å². The number of nitrogens with zero attached hydrogens (tertiary/aromatic N) is 6. The number of nitro benzene ring substituents is 1. The van der Waals surface area contributed by atoms with Gasteiger partial charge in [0.25, 0.3) is 5.69 Å². The number of halogens is 1. The summed E-state index contributed by atoms with van der Waals surface area (Å²) >= 11 is 6.78. The number of amides is 3. The number of carbonyl (C=O) groups is 2. The van der Waals surface area contributed by atoms with Gasteiger partial charge < -0.3 is 14.5 Å². The second kappa shape index (κ2) is 14.0. The lowest BCUT2D eigenvalue weighted by molar-refractivity contribution is -0.384. The number of piperazine rings is 1. The summed E-state index contributed by atoms with van der Waals surface area (Å²) in [5.74, 6) is 1.15. The number of non-ortho nitro benzene ring substituents is 1. The van der Waals surface area contributed by atoms with Crippen LogP contribution in [0.2, 0.25) is 5.02 Å². The van der Waals surface area contributed by atoms with E-state index in [1.165, 1.54) is 4.90 Å².